The Morgan fingerprint density at radius 3 is 2.62 bits per heavy atom. The molecule has 2 aromatic heterocycles. The van der Waals surface area contributed by atoms with Crippen molar-refractivity contribution < 1.29 is 9.59 Å². The lowest BCUT2D eigenvalue weighted by molar-refractivity contribution is -0.121. The fraction of sp³-hybridized carbons (Fsp3) is 0.143. The van der Waals surface area contributed by atoms with Crippen molar-refractivity contribution in [2.45, 2.75) is 12.8 Å². The summed E-state index contributed by atoms with van der Waals surface area (Å²) in [5.74, 6) is 0.258. The summed E-state index contributed by atoms with van der Waals surface area (Å²) in [5, 5.41) is 2.21. The summed E-state index contributed by atoms with van der Waals surface area (Å²) in [4.78, 5) is 36.6. The number of rotatable bonds is 2. The SMILES string of the molecule is O=C1CCC(=O)N1c1nc(-c2nc3ccccc3[nH]2)cs1. The topological polar surface area (TPSA) is 79.0 Å². The van der Waals surface area contributed by atoms with E-state index in [0.717, 1.165) is 15.9 Å². The fourth-order valence-electron chi connectivity index (χ4n) is 2.34. The number of thiazole rings is 1. The molecule has 0 bridgehead atoms. The molecular formula is C14H10N4O2S. The smallest absolute Gasteiger partial charge is 0.236 e. The summed E-state index contributed by atoms with van der Waals surface area (Å²) in [6.07, 6.45) is 0.525. The van der Waals surface area contributed by atoms with Gasteiger partial charge in [0.1, 0.15) is 5.69 Å². The Morgan fingerprint density at radius 2 is 1.86 bits per heavy atom. The van der Waals surface area contributed by atoms with Gasteiger partial charge >= 0.3 is 0 Å². The van der Waals surface area contributed by atoms with Gasteiger partial charge in [0, 0.05) is 18.2 Å². The number of amides is 2. The first kappa shape index (κ1) is 12.2. The van der Waals surface area contributed by atoms with Crippen LogP contribution in [0.4, 0.5) is 5.13 Å². The molecule has 0 saturated carbocycles. The van der Waals surface area contributed by atoms with E-state index in [9.17, 15) is 9.59 Å². The summed E-state index contributed by atoms with van der Waals surface area (Å²) < 4.78 is 0. The van der Waals surface area contributed by atoms with Crippen LogP contribution in [0.25, 0.3) is 22.6 Å². The number of aromatic amines is 1. The highest BCUT2D eigenvalue weighted by molar-refractivity contribution is 7.14. The second-order valence-corrected chi connectivity index (χ2v) is 5.58. The number of carbonyl (C=O) groups is 2. The van der Waals surface area contributed by atoms with Crippen molar-refractivity contribution in [2.75, 3.05) is 4.90 Å². The van der Waals surface area contributed by atoms with E-state index >= 15 is 0 Å². The third-order valence-corrected chi connectivity index (χ3v) is 4.19. The van der Waals surface area contributed by atoms with Crippen molar-refractivity contribution in [1.82, 2.24) is 15.0 Å². The number of imidazole rings is 1. The zero-order valence-corrected chi connectivity index (χ0v) is 11.7. The summed E-state index contributed by atoms with van der Waals surface area (Å²) in [7, 11) is 0. The molecule has 1 fully saturated rings. The first-order valence-corrected chi connectivity index (χ1v) is 7.37. The van der Waals surface area contributed by atoms with Crippen molar-refractivity contribution in [2.24, 2.45) is 0 Å². The lowest BCUT2D eigenvalue weighted by Crippen LogP contribution is -2.28. The number of aromatic nitrogens is 3. The van der Waals surface area contributed by atoms with E-state index in [-0.39, 0.29) is 24.7 Å². The Labute approximate surface area is 123 Å². The summed E-state index contributed by atoms with van der Waals surface area (Å²) in [5.41, 5.74) is 2.42. The van der Waals surface area contributed by atoms with Crippen LogP contribution >= 0.6 is 11.3 Å². The number of para-hydroxylation sites is 2. The van der Waals surface area contributed by atoms with Gasteiger partial charge in [-0.2, -0.15) is 0 Å². The molecule has 3 heterocycles. The van der Waals surface area contributed by atoms with Crippen molar-refractivity contribution in [3.05, 3.63) is 29.6 Å². The summed E-state index contributed by atoms with van der Waals surface area (Å²) >= 11 is 1.27. The van der Waals surface area contributed by atoms with Gasteiger partial charge < -0.3 is 4.98 Å². The molecule has 7 heteroatoms. The standard InChI is InChI=1S/C14H10N4O2S/c19-11-5-6-12(20)18(11)14-17-10(7-21-14)13-15-8-3-1-2-4-9(8)16-13/h1-4,7H,5-6H2,(H,15,16). The van der Waals surface area contributed by atoms with Crippen LogP contribution in [0.3, 0.4) is 0 Å². The highest BCUT2D eigenvalue weighted by atomic mass is 32.1. The van der Waals surface area contributed by atoms with Crippen LogP contribution in [-0.2, 0) is 9.59 Å². The average Bonchev–Trinajstić information content (AvgIpc) is 3.17. The molecule has 4 rings (SSSR count). The maximum absolute atomic E-state index is 11.7. The minimum Gasteiger partial charge on any atom is -0.337 e. The number of imide groups is 1. The number of benzene rings is 1. The van der Waals surface area contributed by atoms with Crippen LogP contribution in [-0.4, -0.2) is 26.8 Å². The van der Waals surface area contributed by atoms with Crippen LogP contribution in [0, 0.1) is 0 Å². The molecule has 1 saturated heterocycles. The second kappa shape index (κ2) is 4.49. The lowest BCUT2D eigenvalue weighted by Gasteiger charge is -2.08. The first-order chi connectivity index (χ1) is 10.2. The third-order valence-electron chi connectivity index (χ3n) is 3.37. The molecule has 1 aliphatic heterocycles. The minimum atomic E-state index is -0.189. The molecule has 1 N–H and O–H groups in total. The Kier molecular flexibility index (Phi) is 2.61. The zero-order chi connectivity index (χ0) is 14.4. The van der Waals surface area contributed by atoms with Gasteiger partial charge in [-0.05, 0) is 12.1 Å². The summed E-state index contributed by atoms with van der Waals surface area (Å²) in [6, 6.07) is 7.70. The van der Waals surface area contributed by atoms with Crippen molar-refractivity contribution >= 4 is 39.3 Å². The van der Waals surface area contributed by atoms with Gasteiger partial charge in [0.2, 0.25) is 11.8 Å². The highest BCUT2D eigenvalue weighted by Crippen LogP contribution is 2.30. The van der Waals surface area contributed by atoms with E-state index < -0.39 is 0 Å². The number of fused-ring (bicyclic) bond motifs is 1. The Balaban J connectivity index is 1.74. The predicted molar refractivity (Wildman–Crippen MR) is 78.9 cm³/mol. The Bertz CT molecular complexity index is 818. The Hall–Kier alpha value is -2.54. The number of H-pyrrole nitrogens is 1. The number of hydrogen-bond acceptors (Lipinski definition) is 5. The molecule has 0 aliphatic carbocycles. The van der Waals surface area contributed by atoms with E-state index in [0.29, 0.717) is 16.6 Å². The van der Waals surface area contributed by atoms with E-state index in [2.05, 4.69) is 15.0 Å². The lowest BCUT2D eigenvalue weighted by atomic mass is 10.3. The van der Waals surface area contributed by atoms with Crippen LogP contribution in [0.5, 0.6) is 0 Å². The van der Waals surface area contributed by atoms with E-state index in [1.165, 1.54) is 11.3 Å². The molecule has 6 nitrogen and oxygen atoms in total. The predicted octanol–water partition coefficient (Wildman–Crippen LogP) is 2.34. The quantitative estimate of drug-likeness (QED) is 0.736. The van der Waals surface area contributed by atoms with Crippen molar-refractivity contribution in [1.29, 1.82) is 0 Å². The Morgan fingerprint density at radius 1 is 1.10 bits per heavy atom. The van der Waals surface area contributed by atoms with Crippen molar-refractivity contribution in [3.8, 4) is 11.5 Å². The van der Waals surface area contributed by atoms with Crippen LogP contribution < -0.4 is 4.90 Å². The summed E-state index contributed by atoms with van der Waals surface area (Å²) in [6.45, 7) is 0. The molecule has 0 atom stereocenters. The van der Waals surface area contributed by atoms with Gasteiger partial charge in [-0.15, -0.1) is 11.3 Å². The molecular weight excluding hydrogens is 288 g/mol. The highest BCUT2D eigenvalue weighted by Gasteiger charge is 2.32. The molecule has 104 valence electrons. The van der Waals surface area contributed by atoms with E-state index in [4.69, 9.17) is 0 Å². The van der Waals surface area contributed by atoms with Gasteiger partial charge in [-0.25, -0.2) is 14.9 Å². The molecule has 0 spiro atoms. The maximum Gasteiger partial charge on any atom is 0.236 e. The molecule has 3 aromatic rings. The zero-order valence-electron chi connectivity index (χ0n) is 10.9. The molecule has 21 heavy (non-hydrogen) atoms. The molecule has 0 radical (unpaired) electrons. The van der Waals surface area contributed by atoms with Gasteiger partial charge in [-0.3, -0.25) is 9.59 Å². The third kappa shape index (κ3) is 1.93. The maximum atomic E-state index is 11.7. The van der Waals surface area contributed by atoms with E-state index in [1.807, 2.05) is 24.3 Å². The minimum absolute atomic E-state index is 0.189. The molecule has 2 amide bonds. The number of nitrogens with one attached hydrogen (secondary N) is 1. The fourth-order valence-corrected chi connectivity index (χ4v) is 3.18. The largest absolute Gasteiger partial charge is 0.337 e. The first-order valence-electron chi connectivity index (χ1n) is 6.49. The number of hydrogen-bond donors (Lipinski definition) is 1. The van der Waals surface area contributed by atoms with Gasteiger partial charge in [0.15, 0.2) is 11.0 Å². The van der Waals surface area contributed by atoms with Gasteiger partial charge in [0.25, 0.3) is 0 Å². The number of carbonyl (C=O) groups excluding carboxylic acids is 2. The monoisotopic (exact) mass is 298 g/mol. The number of nitrogens with zero attached hydrogens (tertiary/aromatic N) is 3. The average molecular weight is 298 g/mol. The normalized spacial score (nSPS) is 15.3. The second-order valence-electron chi connectivity index (χ2n) is 4.74. The van der Waals surface area contributed by atoms with Crippen LogP contribution in [0.15, 0.2) is 29.6 Å². The van der Waals surface area contributed by atoms with Gasteiger partial charge in [0.05, 0.1) is 11.0 Å². The molecule has 1 aliphatic rings. The van der Waals surface area contributed by atoms with E-state index in [1.54, 1.807) is 5.38 Å². The van der Waals surface area contributed by atoms with Crippen LogP contribution in [0.2, 0.25) is 0 Å². The molecule has 1 aromatic carbocycles. The van der Waals surface area contributed by atoms with Crippen LogP contribution in [0.1, 0.15) is 12.8 Å². The van der Waals surface area contributed by atoms with Gasteiger partial charge in [-0.1, -0.05) is 12.1 Å². The number of anilines is 1. The molecule has 0 unspecified atom stereocenters. The van der Waals surface area contributed by atoms with Crippen molar-refractivity contribution in [3.63, 3.8) is 0 Å².